The monoisotopic (exact) mass is 280 g/mol. The molecular weight excluding hydrogens is 268 g/mol. The molecule has 1 aromatic carbocycles. The summed E-state index contributed by atoms with van der Waals surface area (Å²) in [6, 6.07) is 2.04. The molecule has 100 valence electrons. The number of primary amides is 1. The van der Waals surface area contributed by atoms with Crippen LogP contribution in [0.4, 0.5) is 9.93 Å². The van der Waals surface area contributed by atoms with Crippen molar-refractivity contribution < 1.29 is 14.7 Å². The zero-order valence-corrected chi connectivity index (χ0v) is 10.9. The first-order valence-corrected chi connectivity index (χ1v) is 6.31. The van der Waals surface area contributed by atoms with Crippen LogP contribution in [0.25, 0.3) is 10.2 Å². The van der Waals surface area contributed by atoms with Crippen LogP contribution in [-0.4, -0.2) is 28.6 Å². The number of hydrogen-bond donors (Lipinski definition) is 4. The number of fused-ring (bicyclic) bond motifs is 1. The summed E-state index contributed by atoms with van der Waals surface area (Å²) in [5.41, 5.74) is 5.75. The van der Waals surface area contributed by atoms with E-state index in [0.717, 1.165) is 11.3 Å². The molecule has 2 rings (SSSR count). The number of aromatic nitrogens is 1. The van der Waals surface area contributed by atoms with Gasteiger partial charge in [0.15, 0.2) is 5.13 Å². The molecule has 0 saturated heterocycles. The lowest BCUT2D eigenvalue weighted by atomic mass is 10.2. The fraction of sp³-hybridized carbons (Fsp3) is 0.182. The van der Waals surface area contributed by atoms with Crippen molar-refractivity contribution in [2.45, 2.75) is 6.92 Å². The fourth-order valence-electron chi connectivity index (χ4n) is 1.60. The minimum absolute atomic E-state index is 0.0651. The molecule has 2 aromatic rings. The average molecular weight is 280 g/mol. The summed E-state index contributed by atoms with van der Waals surface area (Å²) in [4.78, 5) is 26.8. The highest BCUT2D eigenvalue weighted by molar-refractivity contribution is 7.22. The first-order chi connectivity index (χ1) is 9.01. The van der Waals surface area contributed by atoms with E-state index in [9.17, 15) is 14.7 Å². The van der Waals surface area contributed by atoms with E-state index in [1.54, 1.807) is 6.92 Å². The third-order valence-corrected chi connectivity index (χ3v) is 3.31. The molecule has 19 heavy (non-hydrogen) atoms. The number of hydrogen-bond acceptors (Lipinski definition) is 5. The van der Waals surface area contributed by atoms with Crippen LogP contribution in [0.5, 0.6) is 5.75 Å². The van der Waals surface area contributed by atoms with Crippen molar-refractivity contribution in [3.8, 4) is 5.75 Å². The number of phenolic OH excluding ortho intramolecular Hbond substituents is 1. The van der Waals surface area contributed by atoms with Gasteiger partial charge < -0.3 is 16.2 Å². The number of carbonyl (C=O) groups is 2. The Morgan fingerprint density at radius 3 is 2.84 bits per heavy atom. The van der Waals surface area contributed by atoms with E-state index < -0.39 is 6.03 Å². The van der Waals surface area contributed by atoms with Crippen LogP contribution in [0.3, 0.4) is 0 Å². The molecule has 0 aliphatic carbocycles. The number of nitrogens with one attached hydrogen (secondary N) is 2. The van der Waals surface area contributed by atoms with Gasteiger partial charge in [-0.1, -0.05) is 11.3 Å². The molecule has 0 unspecified atom stereocenters. The molecule has 8 heteroatoms. The van der Waals surface area contributed by atoms with Gasteiger partial charge in [0.1, 0.15) is 5.75 Å². The average Bonchev–Trinajstić information content (AvgIpc) is 2.69. The largest absolute Gasteiger partial charge is 0.508 e. The summed E-state index contributed by atoms with van der Waals surface area (Å²) in [6.07, 6.45) is 0. The number of rotatable bonds is 3. The molecule has 0 spiro atoms. The Hall–Kier alpha value is -2.35. The van der Waals surface area contributed by atoms with E-state index in [2.05, 4.69) is 15.6 Å². The van der Waals surface area contributed by atoms with Crippen LogP contribution >= 0.6 is 11.3 Å². The van der Waals surface area contributed by atoms with Gasteiger partial charge in [-0.15, -0.1) is 0 Å². The molecule has 1 heterocycles. The van der Waals surface area contributed by atoms with E-state index in [-0.39, 0.29) is 16.8 Å². The number of nitrogens with zero attached hydrogens (tertiary/aromatic N) is 1. The van der Waals surface area contributed by atoms with Gasteiger partial charge in [0.2, 0.25) is 0 Å². The first-order valence-electron chi connectivity index (χ1n) is 5.49. The van der Waals surface area contributed by atoms with Crippen molar-refractivity contribution in [1.29, 1.82) is 0 Å². The van der Waals surface area contributed by atoms with Crippen molar-refractivity contribution in [2.75, 3.05) is 11.9 Å². The molecule has 0 aliphatic heterocycles. The summed E-state index contributed by atoms with van der Waals surface area (Å²) < 4.78 is 0.576. The zero-order valence-electron chi connectivity index (χ0n) is 10.1. The minimum atomic E-state index is -0.733. The Bertz CT molecular complexity index is 653. The number of urea groups is 1. The number of nitrogens with two attached hydrogens (primary N) is 1. The van der Waals surface area contributed by atoms with Crippen molar-refractivity contribution in [2.24, 2.45) is 5.73 Å². The molecule has 0 radical (unpaired) electrons. The SMILES string of the molecule is CCNC(=O)c1cc(O)cc2nc(NC(N)=O)sc12. The van der Waals surface area contributed by atoms with E-state index >= 15 is 0 Å². The second-order valence-electron chi connectivity index (χ2n) is 3.71. The summed E-state index contributed by atoms with van der Waals surface area (Å²) in [5, 5.41) is 14.9. The van der Waals surface area contributed by atoms with E-state index in [4.69, 9.17) is 5.73 Å². The third kappa shape index (κ3) is 2.74. The minimum Gasteiger partial charge on any atom is -0.508 e. The smallest absolute Gasteiger partial charge is 0.318 e. The van der Waals surface area contributed by atoms with Crippen LogP contribution in [-0.2, 0) is 0 Å². The van der Waals surface area contributed by atoms with Crippen LogP contribution in [0.1, 0.15) is 17.3 Å². The van der Waals surface area contributed by atoms with Gasteiger partial charge in [0.05, 0.1) is 15.8 Å². The molecule has 0 fully saturated rings. The van der Waals surface area contributed by atoms with Crippen molar-refractivity contribution >= 4 is 38.6 Å². The Morgan fingerprint density at radius 2 is 2.21 bits per heavy atom. The number of aromatic hydroxyl groups is 1. The Labute approximate surface area is 112 Å². The number of phenols is 1. The number of carbonyl (C=O) groups excluding carboxylic acids is 2. The first kappa shape index (κ1) is 13.1. The summed E-state index contributed by atoms with van der Waals surface area (Å²) >= 11 is 1.12. The Morgan fingerprint density at radius 1 is 1.47 bits per heavy atom. The Balaban J connectivity index is 2.53. The van der Waals surface area contributed by atoms with Gasteiger partial charge in [-0.3, -0.25) is 10.1 Å². The maximum Gasteiger partial charge on any atom is 0.318 e. The summed E-state index contributed by atoms with van der Waals surface area (Å²) in [6.45, 7) is 2.27. The molecular formula is C11H12N4O3S. The van der Waals surface area contributed by atoms with Crippen LogP contribution in [0.2, 0.25) is 0 Å². The van der Waals surface area contributed by atoms with E-state index in [0.29, 0.717) is 22.3 Å². The van der Waals surface area contributed by atoms with Gasteiger partial charge in [-0.25, -0.2) is 9.78 Å². The lowest BCUT2D eigenvalue weighted by molar-refractivity contribution is 0.0957. The van der Waals surface area contributed by atoms with Crippen molar-refractivity contribution in [1.82, 2.24) is 10.3 Å². The highest BCUT2D eigenvalue weighted by Gasteiger charge is 2.15. The van der Waals surface area contributed by atoms with Crippen LogP contribution < -0.4 is 16.4 Å². The van der Waals surface area contributed by atoms with E-state index in [1.165, 1.54) is 12.1 Å². The molecule has 0 saturated carbocycles. The maximum absolute atomic E-state index is 11.9. The van der Waals surface area contributed by atoms with Gasteiger partial charge in [0.25, 0.3) is 5.91 Å². The van der Waals surface area contributed by atoms with Gasteiger partial charge in [0, 0.05) is 12.6 Å². The number of amides is 3. The summed E-state index contributed by atoms with van der Waals surface area (Å²) in [7, 11) is 0. The molecule has 5 N–H and O–H groups in total. The molecule has 0 atom stereocenters. The highest BCUT2D eigenvalue weighted by atomic mass is 32.1. The van der Waals surface area contributed by atoms with Crippen molar-refractivity contribution in [3.63, 3.8) is 0 Å². The number of thiazole rings is 1. The molecule has 1 aromatic heterocycles. The van der Waals surface area contributed by atoms with Gasteiger partial charge >= 0.3 is 6.03 Å². The zero-order chi connectivity index (χ0) is 14.0. The number of anilines is 1. The lowest BCUT2D eigenvalue weighted by Crippen LogP contribution is -2.22. The van der Waals surface area contributed by atoms with Crippen LogP contribution in [0, 0.1) is 0 Å². The van der Waals surface area contributed by atoms with Gasteiger partial charge in [-0.2, -0.15) is 0 Å². The standard InChI is InChI=1S/C11H12N4O3S/c1-2-13-9(17)6-3-5(16)4-7-8(6)19-11(14-7)15-10(12)18/h3-4,16H,2H2,1H3,(H,13,17)(H3,12,14,15,18). The second kappa shape index (κ2) is 5.11. The topological polar surface area (TPSA) is 117 Å². The highest BCUT2D eigenvalue weighted by Crippen LogP contribution is 2.32. The molecule has 0 bridgehead atoms. The lowest BCUT2D eigenvalue weighted by Gasteiger charge is -2.03. The van der Waals surface area contributed by atoms with Crippen molar-refractivity contribution in [3.05, 3.63) is 17.7 Å². The van der Waals surface area contributed by atoms with Gasteiger partial charge in [-0.05, 0) is 13.0 Å². The van der Waals surface area contributed by atoms with Crippen LogP contribution in [0.15, 0.2) is 12.1 Å². The maximum atomic E-state index is 11.9. The predicted octanol–water partition coefficient (Wildman–Crippen LogP) is 1.24. The number of benzene rings is 1. The molecule has 7 nitrogen and oxygen atoms in total. The summed E-state index contributed by atoms with van der Waals surface area (Å²) in [5.74, 6) is -0.373. The molecule has 3 amide bonds. The predicted molar refractivity (Wildman–Crippen MR) is 72.5 cm³/mol. The fourth-order valence-corrected chi connectivity index (χ4v) is 2.56. The Kier molecular flexibility index (Phi) is 3.52. The normalized spacial score (nSPS) is 10.4. The molecule has 0 aliphatic rings. The quantitative estimate of drug-likeness (QED) is 0.676. The second-order valence-corrected chi connectivity index (χ2v) is 4.71. The third-order valence-electron chi connectivity index (χ3n) is 2.29. The van der Waals surface area contributed by atoms with E-state index in [1.807, 2.05) is 0 Å².